The van der Waals surface area contributed by atoms with Gasteiger partial charge in [0, 0.05) is 13.2 Å². The fraction of sp³-hybridized carbons (Fsp3) is 0.632. The van der Waals surface area contributed by atoms with Crippen molar-refractivity contribution in [3.63, 3.8) is 0 Å². The number of hydrogen-bond acceptors (Lipinski definition) is 4. The van der Waals surface area contributed by atoms with E-state index < -0.39 is 0 Å². The van der Waals surface area contributed by atoms with Crippen molar-refractivity contribution in [3.8, 4) is 11.5 Å². The van der Waals surface area contributed by atoms with Gasteiger partial charge in [0.1, 0.15) is 6.10 Å². The van der Waals surface area contributed by atoms with Crippen LogP contribution in [0.15, 0.2) is 29.3 Å². The number of aliphatic imine (C=N–C) groups is 1. The Hall–Kier alpha value is -1.22. The summed E-state index contributed by atoms with van der Waals surface area (Å²) in [5.41, 5.74) is -0.137. The predicted molar refractivity (Wildman–Crippen MR) is 116 cm³/mol. The van der Waals surface area contributed by atoms with Crippen LogP contribution in [0.25, 0.3) is 0 Å². The smallest absolute Gasteiger partial charge is 0.191 e. The summed E-state index contributed by atoms with van der Waals surface area (Å²) in [5.74, 6) is 2.27. The van der Waals surface area contributed by atoms with Gasteiger partial charge < -0.3 is 24.8 Å². The summed E-state index contributed by atoms with van der Waals surface area (Å²) in [6.45, 7) is 9.14. The fourth-order valence-corrected chi connectivity index (χ4v) is 2.76. The van der Waals surface area contributed by atoms with Crippen molar-refractivity contribution < 1.29 is 14.2 Å². The summed E-state index contributed by atoms with van der Waals surface area (Å²) < 4.78 is 17.1. The standard InChI is InChI=1S/C19H31N3O3.HI/c1-5-20-18(22-14-19(3)11-8-12-24-19)21-13-15(2)25-17-10-7-6-9-16(17)23-4;/h6-7,9-10,15H,5,8,11-14H2,1-4H3,(H2,20,21,22);1H. The van der Waals surface area contributed by atoms with Crippen LogP contribution < -0.4 is 20.1 Å². The zero-order chi connectivity index (χ0) is 18.1. The average Bonchev–Trinajstić information content (AvgIpc) is 3.05. The van der Waals surface area contributed by atoms with Gasteiger partial charge in [-0.1, -0.05) is 12.1 Å². The number of rotatable bonds is 8. The van der Waals surface area contributed by atoms with Crippen molar-refractivity contribution in [2.24, 2.45) is 4.99 Å². The molecule has 0 spiro atoms. The van der Waals surface area contributed by atoms with E-state index >= 15 is 0 Å². The average molecular weight is 477 g/mol. The Morgan fingerprint density at radius 3 is 2.65 bits per heavy atom. The van der Waals surface area contributed by atoms with Crippen LogP contribution in [0.2, 0.25) is 0 Å². The van der Waals surface area contributed by atoms with Crippen molar-refractivity contribution >= 4 is 29.9 Å². The minimum atomic E-state index is -0.137. The van der Waals surface area contributed by atoms with Crippen LogP contribution in [0.5, 0.6) is 11.5 Å². The molecule has 1 aliphatic heterocycles. The number of guanidine groups is 1. The highest BCUT2D eigenvalue weighted by Crippen LogP contribution is 2.27. The summed E-state index contributed by atoms with van der Waals surface area (Å²) in [6.07, 6.45) is 2.14. The molecule has 2 N–H and O–H groups in total. The number of hydrogen-bond donors (Lipinski definition) is 2. The molecular formula is C19H32IN3O3. The summed E-state index contributed by atoms with van der Waals surface area (Å²) in [4.78, 5) is 4.67. The van der Waals surface area contributed by atoms with E-state index in [0.29, 0.717) is 13.1 Å². The molecular weight excluding hydrogens is 445 g/mol. The maximum atomic E-state index is 5.97. The number of ether oxygens (including phenoxy) is 3. The first-order valence-corrected chi connectivity index (χ1v) is 9.02. The molecule has 2 atom stereocenters. The first-order chi connectivity index (χ1) is 12.1. The van der Waals surface area contributed by atoms with E-state index in [1.165, 1.54) is 0 Å². The lowest BCUT2D eigenvalue weighted by Gasteiger charge is -2.22. The van der Waals surface area contributed by atoms with Crippen LogP contribution in [0.4, 0.5) is 0 Å². The van der Waals surface area contributed by atoms with Crippen molar-refractivity contribution in [1.82, 2.24) is 10.6 Å². The van der Waals surface area contributed by atoms with E-state index in [9.17, 15) is 0 Å². The highest BCUT2D eigenvalue weighted by molar-refractivity contribution is 14.0. The normalized spacial score (nSPS) is 20.8. The quantitative estimate of drug-likeness (QED) is 0.342. The molecule has 1 aromatic rings. The molecule has 0 aromatic heterocycles. The van der Waals surface area contributed by atoms with E-state index in [2.05, 4.69) is 29.5 Å². The lowest BCUT2D eigenvalue weighted by atomic mass is 10.0. The topological polar surface area (TPSA) is 64.1 Å². The number of benzene rings is 1. The van der Waals surface area contributed by atoms with Crippen molar-refractivity contribution in [3.05, 3.63) is 24.3 Å². The van der Waals surface area contributed by atoms with E-state index in [1.807, 2.05) is 31.2 Å². The van der Waals surface area contributed by atoms with E-state index in [0.717, 1.165) is 43.5 Å². The molecule has 1 heterocycles. The molecule has 0 amide bonds. The third kappa shape index (κ3) is 7.19. The van der Waals surface area contributed by atoms with Gasteiger partial charge in [-0.25, -0.2) is 0 Å². The molecule has 2 rings (SSSR count). The van der Waals surface area contributed by atoms with E-state index in [4.69, 9.17) is 14.2 Å². The summed E-state index contributed by atoms with van der Waals surface area (Å²) in [7, 11) is 1.65. The molecule has 1 aliphatic rings. The lowest BCUT2D eigenvalue weighted by Crippen LogP contribution is -2.43. The second-order valence-corrected chi connectivity index (χ2v) is 6.56. The number of methoxy groups -OCH3 is 1. The van der Waals surface area contributed by atoms with Crippen LogP contribution in [0, 0.1) is 0 Å². The SMILES string of the molecule is CCNC(=NCC1(C)CCCO1)NCC(C)Oc1ccccc1OC.I. The van der Waals surface area contributed by atoms with Gasteiger partial charge in [0.15, 0.2) is 17.5 Å². The van der Waals surface area contributed by atoms with Gasteiger partial charge in [-0.3, -0.25) is 4.99 Å². The van der Waals surface area contributed by atoms with Gasteiger partial charge in [-0.2, -0.15) is 0 Å². The summed E-state index contributed by atoms with van der Waals surface area (Å²) >= 11 is 0. The third-order valence-corrected chi connectivity index (χ3v) is 4.17. The molecule has 0 radical (unpaired) electrons. The maximum Gasteiger partial charge on any atom is 0.191 e. The first kappa shape index (κ1) is 22.8. The highest BCUT2D eigenvalue weighted by Gasteiger charge is 2.29. The Labute approximate surface area is 174 Å². The Morgan fingerprint density at radius 2 is 2.04 bits per heavy atom. The molecule has 26 heavy (non-hydrogen) atoms. The van der Waals surface area contributed by atoms with Gasteiger partial charge >= 0.3 is 0 Å². The monoisotopic (exact) mass is 477 g/mol. The molecule has 7 heteroatoms. The Kier molecular flexibility index (Phi) is 10.1. The molecule has 0 aliphatic carbocycles. The highest BCUT2D eigenvalue weighted by atomic mass is 127. The number of halogens is 1. The molecule has 1 fully saturated rings. The van der Waals surface area contributed by atoms with Crippen LogP contribution >= 0.6 is 24.0 Å². The summed E-state index contributed by atoms with van der Waals surface area (Å²) in [6, 6.07) is 7.66. The number of nitrogens with one attached hydrogen (secondary N) is 2. The molecule has 6 nitrogen and oxygen atoms in total. The van der Waals surface area contributed by atoms with Crippen LogP contribution in [-0.2, 0) is 4.74 Å². The van der Waals surface area contributed by atoms with Crippen LogP contribution in [-0.4, -0.2) is 51.0 Å². The van der Waals surface area contributed by atoms with Gasteiger partial charge in [0.2, 0.25) is 0 Å². The third-order valence-electron chi connectivity index (χ3n) is 4.17. The largest absolute Gasteiger partial charge is 0.493 e. The molecule has 1 saturated heterocycles. The van der Waals surface area contributed by atoms with Crippen molar-refractivity contribution in [2.75, 3.05) is 33.4 Å². The minimum Gasteiger partial charge on any atom is -0.493 e. The summed E-state index contributed by atoms with van der Waals surface area (Å²) in [5, 5.41) is 6.61. The fourth-order valence-electron chi connectivity index (χ4n) is 2.76. The molecule has 0 bridgehead atoms. The number of para-hydroxylation sites is 2. The lowest BCUT2D eigenvalue weighted by molar-refractivity contribution is 0.0283. The van der Waals surface area contributed by atoms with Gasteiger partial charge in [-0.15, -0.1) is 24.0 Å². The minimum absolute atomic E-state index is 0. The van der Waals surface area contributed by atoms with Crippen LogP contribution in [0.3, 0.4) is 0 Å². The van der Waals surface area contributed by atoms with Crippen molar-refractivity contribution in [2.45, 2.75) is 45.3 Å². The molecule has 2 unspecified atom stereocenters. The van der Waals surface area contributed by atoms with Gasteiger partial charge in [0.25, 0.3) is 0 Å². The molecule has 148 valence electrons. The maximum absolute atomic E-state index is 5.97. The number of nitrogens with zero attached hydrogens (tertiary/aromatic N) is 1. The second-order valence-electron chi connectivity index (χ2n) is 6.56. The molecule has 0 saturated carbocycles. The predicted octanol–water partition coefficient (Wildman–Crippen LogP) is 3.20. The Bertz CT molecular complexity index is 563. The van der Waals surface area contributed by atoms with Crippen molar-refractivity contribution in [1.29, 1.82) is 0 Å². The molecule has 1 aromatic carbocycles. The van der Waals surface area contributed by atoms with E-state index in [1.54, 1.807) is 7.11 Å². The Morgan fingerprint density at radius 1 is 1.31 bits per heavy atom. The van der Waals surface area contributed by atoms with E-state index in [-0.39, 0.29) is 35.7 Å². The Balaban J connectivity index is 0.00000338. The van der Waals surface area contributed by atoms with Gasteiger partial charge in [0.05, 0.1) is 25.8 Å². The first-order valence-electron chi connectivity index (χ1n) is 9.02. The second kappa shape index (κ2) is 11.5. The zero-order valence-electron chi connectivity index (χ0n) is 16.2. The zero-order valence-corrected chi connectivity index (χ0v) is 18.5. The van der Waals surface area contributed by atoms with Gasteiger partial charge in [-0.05, 0) is 45.7 Å². The van der Waals surface area contributed by atoms with Crippen LogP contribution in [0.1, 0.15) is 33.6 Å².